The molecule has 0 spiro atoms. The molecule has 3 N–H and O–H groups in total. The molecule has 0 radical (unpaired) electrons. The van der Waals surface area contributed by atoms with E-state index in [1.54, 1.807) is 6.26 Å². The van der Waals surface area contributed by atoms with Gasteiger partial charge in [0.05, 0.1) is 12.3 Å². The summed E-state index contributed by atoms with van der Waals surface area (Å²) in [6, 6.07) is 3.28. The van der Waals surface area contributed by atoms with E-state index in [1.807, 2.05) is 12.1 Å². The summed E-state index contributed by atoms with van der Waals surface area (Å²) < 4.78 is 10.5. The topological polar surface area (TPSA) is 77.5 Å². The molecule has 0 aliphatic carbocycles. The minimum atomic E-state index is -0.413. The Labute approximate surface area is 114 Å². The van der Waals surface area contributed by atoms with Crippen LogP contribution in [0.5, 0.6) is 0 Å². The van der Waals surface area contributed by atoms with Crippen molar-refractivity contribution in [2.75, 3.05) is 13.2 Å². The van der Waals surface area contributed by atoms with Crippen LogP contribution in [-0.4, -0.2) is 25.1 Å². The highest BCUT2D eigenvalue weighted by Crippen LogP contribution is 2.03. The van der Waals surface area contributed by atoms with Gasteiger partial charge in [-0.1, -0.05) is 13.8 Å². The molecule has 0 saturated carbocycles. The predicted molar refractivity (Wildman–Crippen MR) is 73.4 cm³/mol. The van der Waals surface area contributed by atoms with E-state index in [-0.39, 0.29) is 5.91 Å². The molecule has 5 heteroatoms. The van der Waals surface area contributed by atoms with Gasteiger partial charge in [0.1, 0.15) is 12.4 Å². The molecule has 1 amide bonds. The summed E-state index contributed by atoms with van der Waals surface area (Å²) in [6.45, 7) is 5.74. The van der Waals surface area contributed by atoms with Crippen molar-refractivity contribution in [3.63, 3.8) is 0 Å². The van der Waals surface area contributed by atoms with Gasteiger partial charge >= 0.3 is 0 Å². The largest absolute Gasteiger partial charge is 0.467 e. The quantitative estimate of drug-likeness (QED) is 0.668. The average Bonchev–Trinajstić information content (AvgIpc) is 2.85. The molecule has 0 aliphatic heterocycles. The molecule has 1 aromatic heterocycles. The number of nitrogens with one attached hydrogen (secondary N) is 1. The number of carbonyl (C=O) groups is 1. The highest BCUT2D eigenvalue weighted by atomic mass is 16.5. The molecule has 0 saturated heterocycles. The van der Waals surface area contributed by atoms with Crippen molar-refractivity contribution < 1.29 is 13.9 Å². The van der Waals surface area contributed by atoms with Crippen LogP contribution in [0.3, 0.4) is 0 Å². The number of ether oxygens (including phenoxy) is 1. The highest BCUT2D eigenvalue weighted by Gasteiger charge is 2.13. The first-order chi connectivity index (χ1) is 9.09. The van der Waals surface area contributed by atoms with E-state index in [1.165, 1.54) is 0 Å². The van der Waals surface area contributed by atoms with Crippen molar-refractivity contribution in [2.45, 2.75) is 39.3 Å². The third-order valence-electron chi connectivity index (χ3n) is 2.65. The van der Waals surface area contributed by atoms with Crippen LogP contribution in [0.4, 0.5) is 0 Å². The van der Waals surface area contributed by atoms with Gasteiger partial charge in [0, 0.05) is 13.2 Å². The molecule has 0 unspecified atom stereocenters. The van der Waals surface area contributed by atoms with Gasteiger partial charge < -0.3 is 20.2 Å². The van der Waals surface area contributed by atoms with Crippen molar-refractivity contribution in [1.29, 1.82) is 0 Å². The lowest BCUT2D eigenvalue weighted by Crippen LogP contribution is -2.41. The molecule has 1 heterocycles. The summed E-state index contributed by atoms with van der Waals surface area (Å²) >= 11 is 0. The molecule has 108 valence electrons. The van der Waals surface area contributed by atoms with Crippen LogP contribution in [0, 0.1) is 5.92 Å². The molecule has 0 fully saturated rings. The minimum Gasteiger partial charge on any atom is -0.467 e. The Morgan fingerprint density at radius 1 is 1.53 bits per heavy atom. The standard InChI is InChI=1S/C14H24N2O3/c1-11(2)9-13(15)14(17)16-6-4-7-18-10-12-5-3-8-19-12/h3,5,8,11,13H,4,6-7,9-10,15H2,1-2H3,(H,16,17)/t13-/m0/s1. The smallest absolute Gasteiger partial charge is 0.236 e. The molecule has 1 rings (SSSR count). The maximum absolute atomic E-state index is 11.6. The Balaban J connectivity index is 1.99. The fourth-order valence-corrected chi connectivity index (χ4v) is 1.70. The van der Waals surface area contributed by atoms with Gasteiger partial charge in [-0.25, -0.2) is 0 Å². The van der Waals surface area contributed by atoms with E-state index in [2.05, 4.69) is 19.2 Å². The Bertz CT molecular complexity index is 350. The number of carbonyl (C=O) groups excluding carboxylic acids is 1. The molecular weight excluding hydrogens is 244 g/mol. The molecule has 1 atom stereocenters. The number of amides is 1. The van der Waals surface area contributed by atoms with Gasteiger partial charge in [-0.15, -0.1) is 0 Å². The third kappa shape index (κ3) is 6.98. The van der Waals surface area contributed by atoms with Gasteiger partial charge in [0.15, 0.2) is 0 Å². The number of hydrogen-bond acceptors (Lipinski definition) is 4. The monoisotopic (exact) mass is 268 g/mol. The van der Waals surface area contributed by atoms with Crippen molar-refractivity contribution in [1.82, 2.24) is 5.32 Å². The van der Waals surface area contributed by atoms with Crippen LogP contribution in [0.15, 0.2) is 22.8 Å². The maximum Gasteiger partial charge on any atom is 0.236 e. The number of nitrogens with two attached hydrogens (primary N) is 1. The van der Waals surface area contributed by atoms with E-state index < -0.39 is 6.04 Å². The second-order valence-corrected chi connectivity index (χ2v) is 5.01. The fourth-order valence-electron chi connectivity index (χ4n) is 1.70. The summed E-state index contributed by atoms with van der Waals surface area (Å²) in [5.41, 5.74) is 5.77. The van der Waals surface area contributed by atoms with E-state index in [0.717, 1.165) is 12.2 Å². The molecule has 19 heavy (non-hydrogen) atoms. The summed E-state index contributed by atoms with van der Waals surface area (Å²) in [7, 11) is 0. The van der Waals surface area contributed by atoms with Crippen LogP contribution in [0.2, 0.25) is 0 Å². The van der Waals surface area contributed by atoms with Crippen LogP contribution < -0.4 is 11.1 Å². The molecular formula is C14H24N2O3. The van der Waals surface area contributed by atoms with Crippen LogP contribution in [-0.2, 0) is 16.1 Å². The number of rotatable bonds is 9. The Kier molecular flexibility index (Phi) is 7.22. The lowest BCUT2D eigenvalue weighted by Gasteiger charge is -2.14. The summed E-state index contributed by atoms with van der Waals surface area (Å²) in [4.78, 5) is 11.6. The zero-order chi connectivity index (χ0) is 14.1. The molecule has 0 bridgehead atoms. The van der Waals surface area contributed by atoms with Gasteiger partial charge in [0.2, 0.25) is 5.91 Å². The van der Waals surface area contributed by atoms with Gasteiger partial charge in [0.25, 0.3) is 0 Å². The van der Waals surface area contributed by atoms with Crippen LogP contribution in [0.25, 0.3) is 0 Å². The van der Waals surface area contributed by atoms with E-state index in [9.17, 15) is 4.79 Å². The first-order valence-electron chi connectivity index (χ1n) is 6.73. The molecule has 0 aromatic carbocycles. The first-order valence-corrected chi connectivity index (χ1v) is 6.73. The van der Waals surface area contributed by atoms with Gasteiger partial charge in [-0.3, -0.25) is 4.79 Å². The van der Waals surface area contributed by atoms with Crippen LogP contribution in [0.1, 0.15) is 32.4 Å². The predicted octanol–water partition coefficient (Wildman–Crippen LogP) is 1.68. The summed E-state index contributed by atoms with van der Waals surface area (Å²) in [5.74, 6) is 1.15. The van der Waals surface area contributed by atoms with Crippen LogP contribution >= 0.6 is 0 Å². The number of furan rings is 1. The minimum absolute atomic E-state index is 0.0836. The van der Waals surface area contributed by atoms with Gasteiger partial charge in [-0.2, -0.15) is 0 Å². The SMILES string of the molecule is CC(C)C[C@H](N)C(=O)NCCCOCc1ccco1. The first kappa shape index (κ1) is 15.7. The zero-order valence-electron chi connectivity index (χ0n) is 11.7. The molecule has 1 aromatic rings. The molecule has 0 aliphatic rings. The Morgan fingerprint density at radius 3 is 2.95 bits per heavy atom. The van der Waals surface area contributed by atoms with Crippen molar-refractivity contribution >= 4 is 5.91 Å². The normalized spacial score (nSPS) is 12.6. The van der Waals surface area contributed by atoms with E-state index >= 15 is 0 Å². The lowest BCUT2D eigenvalue weighted by molar-refractivity contribution is -0.122. The van der Waals surface area contributed by atoms with Crippen molar-refractivity contribution in [3.05, 3.63) is 24.2 Å². The Hall–Kier alpha value is -1.33. The Morgan fingerprint density at radius 2 is 2.32 bits per heavy atom. The summed E-state index contributed by atoms with van der Waals surface area (Å²) in [5, 5.41) is 2.81. The van der Waals surface area contributed by atoms with Crippen molar-refractivity contribution in [3.8, 4) is 0 Å². The second-order valence-electron chi connectivity index (χ2n) is 5.01. The molecule has 5 nitrogen and oxygen atoms in total. The van der Waals surface area contributed by atoms with E-state index in [4.69, 9.17) is 14.9 Å². The lowest BCUT2D eigenvalue weighted by atomic mass is 10.0. The highest BCUT2D eigenvalue weighted by molar-refractivity contribution is 5.81. The van der Waals surface area contributed by atoms with Crippen molar-refractivity contribution in [2.24, 2.45) is 11.7 Å². The van der Waals surface area contributed by atoms with Gasteiger partial charge in [-0.05, 0) is 30.9 Å². The maximum atomic E-state index is 11.6. The number of hydrogen-bond donors (Lipinski definition) is 2. The fraction of sp³-hybridized carbons (Fsp3) is 0.643. The average molecular weight is 268 g/mol. The zero-order valence-corrected chi connectivity index (χ0v) is 11.7. The van der Waals surface area contributed by atoms with E-state index in [0.29, 0.717) is 32.1 Å². The third-order valence-corrected chi connectivity index (χ3v) is 2.65. The summed E-state index contributed by atoms with van der Waals surface area (Å²) in [6.07, 6.45) is 3.09. The second kappa shape index (κ2) is 8.72.